The van der Waals surface area contributed by atoms with E-state index in [4.69, 9.17) is 4.74 Å². The molecule has 0 spiro atoms. The largest absolute Gasteiger partial charge is 0.377 e. The van der Waals surface area contributed by atoms with Gasteiger partial charge in [0.25, 0.3) is 0 Å². The Morgan fingerprint density at radius 2 is 1.95 bits per heavy atom. The molecule has 102 valence electrons. The minimum absolute atomic E-state index is 0.433. The fraction of sp³-hybridized carbons (Fsp3) is 0.214. The van der Waals surface area contributed by atoms with Gasteiger partial charge in [0.1, 0.15) is 18.6 Å². The van der Waals surface area contributed by atoms with Gasteiger partial charge in [0.2, 0.25) is 0 Å². The predicted molar refractivity (Wildman–Crippen MR) is 74.3 cm³/mol. The number of hydrogen-bond acceptors (Lipinski definition) is 4. The van der Waals surface area contributed by atoms with Crippen LogP contribution >= 0.6 is 0 Å². The van der Waals surface area contributed by atoms with E-state index >= 15 is 0 Å². The molecule has 1 aromatic carbocycles. The van der Waals surface area contributed by atoms with E-state index in [9.17, 15) is 0 Å². The van der Waals surface area contributed by atoms with Gasteiger partial charge in [-0.2, -0.15) is 0 Å². The maximum Gasteiger partial charge on any atom is 0.184 e. The summed E-state index contributed by atoms with van der Waals surface area (Å²) < 4.78 is 8.93. The molecule has 0 unspecified atom stereocenters. The molecule has 0 radical (unpaired) electrons. The van der Waals surface area contributed by atoms with Gasteiger partial charge in [0.15, 0.2) is 11.6 Å². The lowest BCUT2D eigenvalue weighted by atomic mass is 10.3. The molecule has 2 heterocycles. The fourth-order valence-corrected chi connectivity index (χ4v) is 2.02. The molecule has 6 heteroatoms. The Bertz CT molecular complexity index is 701. The zero-order valence-corrected chi connectivity index (χ0v) is 11.4. The zero-order valence-electron chi connectivity index (χ0n) is 11.4. The van der Waals surface area contributed by atoms with E-state index in [1.54, 1.807) is 13.4 Å². The third kappa shape index (κ3) is 2.21. The summed E-state index contributed by atoms with van der Waals surface area (Å²) in [6.45, 7) is 0.433. The predicted octanol–water partition coefficient (Wildman–Crippen LogP) is 1.81. The molecule has 0 aliphatic rings. The number of nitrogens with zero attached hydrogens (tertiary/aromatic N) is 5. The average molecular weight is 269 g/mol. The Labute approximate surface area is 116 Å². The second-order valence-corrected chi connectivity index (χ2v) is 4.43. The maximum atomic E-state index is 5.08. The Kier molecular flexibility index (Phi) is 3.30. The van der Waals surface area contributed by atoms with Gasteiger partial charge < -0.3 is 13.9 Å². The molecule has 2 aromatic heterocycles. The summed E-state index contributed by atoms with van der Waals surface area (Å²) in [6.07, 6.45) is 3.71. The van der Waals surface area contributed by atoms with Gasteiger partial charge in [-0.3, -0.25) is 0 Å². The third-order valence-electron chi connectivity index (χ3n) is 3.10. The molecule has 0 aliphatic heterocycles. The summed E-state index contributed by atoms with van der Waals surface area (Å²) in [5.74, 6) is 1.50. The Morgan fingerprint density at radius 1 is 1.15 bits per heavy atom. The summed E-state index contributed by atoms with van der Waals surface area (Å²) in [7, 11) is 3.55. The smallest absolute Gasteiger partial charge is 0.184 e. The monoisotopic (exact) mass is 269 g/mol. The van der Waals surface area contributed by atoms with E-state index in [-0.39, 0.29) is 0 Å². The number of imidazole rings is 1. The lowest BCUT2D eigenvalue weighted by molar-refractivity contribution is 0.175. The van der Waals surface area contributed by atoms with Crippen LogP contribution in [0.25, 0.3) is 17.2 Å². The third-order valence-corrected chi connectivity index (χ3v) is 3.10. The van der Waals surface area contributed by atoms with Crippen molar-refractivity contribution in [3.8, 4) is 17.2 Å². The molecule has 0 saturated heterocycles. The van der Waals surface area contributed by atoms with Gasteiger partial charge in [0.05, 0.1) is 0 Å². The van der Waals surface area contributed by atoms with Crippen LogP contribution in [0.1, 0.15) is 5.82 Å². The number of aromatic nitrogens is 5. The van der Waals surface area contributed by atoms with Crippen LogP contribution in [-0.2, 0) is 18.4 Å². The van der Waals surface area contributed by atoms with E-state index in [1.165, 1.54) is 0 Å². The maximum absolute atomic E-state index is 5.08. The van der Waals surface area contributed by atoms with Gasteiger partial charge in [0, 0.05) is 26.0 Å². The van der Waals surface area contributed by atoms with Crippen LogP contribution in [-0.4, -0.2) is 31.4 Å². The molecular formula is C14H15N5O. The minimum Gasteiger partial charge on any atom is -0.377 e. The minimum atomic E-state index is 0.433. The number of rotatable bonds is 4. The molecule has 20 heavy (non-hydrogen) atoms. The van der Waals surface area contributed by atoms with Gasteiger partial charge in [-0.25, -0.2) is 4.98 Å². The van der Waals surface area contributed by atoms with E-state index in [0.717, 1.165) is 23.0 Å². The van der Waals surface area contributed by atoms with Crippen molar-refractivity contribution in [2.45, 2.75) is 6.61 Å². The standard InChI is InChI=1S/C14H15N5O/c1-18-13(9-20-2)16-17-14(18)12-8-19(10-15-12)11-6-4-3-5-7-11/h3-8,10H,9H2,1-2H3. The Morgan fingerprint density at radius 3 is 2.70 bits per heavy atom. The van der Waals surface area contributed by atoms with Crippen LogP contribution in [0, 0.1) is 0 Å². The van der Waals surface area contributed by atoms with Crippen LogP contribution < -0.4 is 0 Å². The van der Waals surface area contributed by atoms with Crippen molar-refractivity contribution >= 4 is 0 Å². The summed E-state index contributed by atoms with van der Waals surface area (Å²) in [5, 5.41) is 8.27. The van der Waals surface area contributed by atoms with Gasteiger partial charge in [-0.15, -0.1) is 10.2 Å². The first kappa shape index (κ1) is 12.6. The van der Waals surface area contributed by atoms with Crippen molar-refractivity contribution in [2.75, 3.05) is 7.11 Å². The van der Waals surface area contributed by atoms with E-state index in [0.29, 0.717) is 6.61 Å². The number of hydrogen-bond donors (Lipinski definition) is 0. The van der Waals surface area contributed by atoms with Gasteiger partial charge in [-0.05, 0) is 12.1 Å². The highest BCUT2D eigenvalue weighted by Crippen LogP contribution is 2.17. The van der Waals surface area contributed by atoms with Crippen molar-refractivity contribution in [1.29, 1.82) is 0 Å². The van der Waals surface area contributed by atoms with Gasteiger partial charge >= 0.3 is 0 Å². The van der Waals surface area contributed by atoms with Crippen molar-refractivity contribution in [3.63, 3.8) is 0 Å². The highest BCUT2D eigenvalue weighted by molar-refractivity contribution is 5.49. The lowest BCUT2D eigenvalue weighted by Gasteiger charge is -2.01. The number of para-hydroxylation sites is 1. The molecule has 0 bridgehead atoms. The summed E-state index contributed by atoms with van der Waals surface area (Å²) in [6, 6.07) is 10.0. The first-order chi connectivity index (χ1) is 9.79. The summed E-state index contributed by atoms with van der Waals surface area (Å²) in [5.41, 5.74) is 1.84. The van der Waals surface area contributed by atoms with Gasteiger partial charge in [-0.1, -0.05) is 18.2 Å². The second-order valence-electron chi connectivity index (χ2n) is 4.43. The van der Waals surface area contributed by atoms with Crippen LogP contribution in [0.15, 0.2) is 42.9 Å². The van der Waals surface area contributed by atoms with E-state index in [2.05, 4.69) is 15.2 Å². The second kappa shape index (κ2) is 5.26. The molecule has 3 rings (SSSR count). The molecule has 0 amide bonds. The molecule has 6 nitrogen and oxygen atoms in total. The highest BCUT2D eigenvalue weighted by atomic mass is 16.5. The van der Waals surface area contributed by atoms with Crippen LogP contribution in [0.2, 0.25) is 0 Å². The van der Waals surface area contributed by atoms with Crippen molar-refractivity contribution in [2.24, 2.45) is 7.05 Å². The molecule has 0 N–H and O–H groups in total. The van der Waals surface area contributed by atoms with Crippen molar-refractivity contribution in [1.82, 2.24) is 24.3 Å². The average Bonchev–Trinajstić information content (AvgIpc) is 3.08. The summed E-state index contributed by atoms with van der Waals surface area (Å²) in [4.78, 5) is 4.40. The van der Waals surface area contributed by atoms with Crippen LogP contribution in [0.3, 0.4) is 0 Å². The molecule has 0 fully saturated rings. The quantitative estimate of drug-likeness (QED) is 0.725. The van der Waals surface area contributed by atoms with E-state index in [1.807, 2.05) is 52.7 Å². The number of ether oxygens (including phenoxy) is 1. The van der Waals surface area contributed by atoms with Crippen molar-refractivity contribution in [3.05, 3.63) is 48.7 Å². The summed E-state index contributed by atoms with van der Waals surface area (Å²) >= 11 is 0. The number of methoxy groups -OCH3 is 1. The van der Waals surface area contributed by atoms with E-state index < -0.39 is 0 Å². The molecule has 0 aliphatic carbocycles. The fourth-order valence-electron chi connectivity index (χ4n) is 2.02. The molecule has 3 aromatic rings. The molecular weight excluding hydrogens is 254 g/mol. The molecule has 0 saturated carbocycles. The molecule has 0 atom stereocenters. The highest BCUT2D eigenvalue weighted by Gasteiger charge is 2.13. The Hall–Kier alpha value is -2.47. The first-order valence-corrected chi connectivity index (χ1v) is 6.26. The lowest BCUT2D eigenvalue weighted by Crippen LogP contribution is -2.00. The van der Waals surface area contributed by atoms with Crippen LogP contribution in [0.4, 0.5) is 0 Å². The topological polar surface area (TPSA) is 57.8 Å². The van der Waals surface area contributed by atoms with Crippen molar-refractivity contribution < 1.29 is 4.74 Å². The normalized spacial score (nSPS) is 10.9. The number of benzene rings is 1. The zero-order chi connectivity index (χ0) is 13.9. The Balaban J connectivity index is 1.94. The SMILES string of the molecule is COCc1nnc(-c2cn(-c3ccccc3)cn2)n1C. The first-order valence-electron chi connectivity index (χ1n) is 6.26. The van der Waals surface area contributed by atoms with Crippen LogP contribution in [0.5, 0.6) is 0 Å².